The number of aryl methyl sites for hydroxylation is 1. The molecule has 1 aromatic heterocycles. The summed E-state index contributed by atoms with van der Waals surface area (Å²) in [6, 6.07) is 9.90. The molecule has 1 saturated heterocycles. The molecule has 0 bridgehead atoms. The average molecular weight is 342 g/mol. The number of nitrogens with one attached hydrogen (secondary N) is 1. The number of carbonyl (C=O) groups is 1. The first kappa shape index (κ1) is 17.6. The molecule has 1 aliphatic rings. The predicted octanol–water partition coefficient (Wildman–Crippen LogP) is 1.70. The number of nitrogens with zero attached hydrogens (tertiary/aromatic N) is 3. The van der Waals surface area contributed by atoms with Crippen LogP contribution in [0.25, 0.3) is 0 Å². The smallest absolute Gasteiger partial charge is 0.254 e. The number of benzene rings is 1. The number of likely N-dealkylation sites (N-methyl/N-ethyl adjacent to an activating group) is 1. The Hall–Kier alpha value is -2.18. The van der Waals surface area contributed by atoms with Crippen LogP contribution in [0.2, 0.25) is 0 Å². The van der Waals surface area contributed by atoms with Gasteiger partial charge in [0.2, 0.25) is 0 Å². The van der Waals surface area contributed by atoms with E-state index in [2.05, 4.69) is 15.4 Å². The van der Waals surface area contributed by atoms with Crippen LogP contribution in [0.1, 0.15) is 27.4 Å². The van der Waals surface area contributed by atoms with Crippen molar-refractivity contribution in [1.29, 1.82) is 0 Å². The van der Waals surface area contributed by atoms with Crippen molar-refractivity contribution < 1.29 is 9.32 Å². The minimum Gasteiger partial charge on any atom is -0.360 e. The van der Waals surface area contributed by atoms with Gasteiger partial charge in [0, 0.05) is 37.8 Å². The molecule has 134 valence electrons. The highest BCUT2D eigenvalue weighted by Crippen LogP contribution is 2.15. The van der Waals surface area contributed by atoms with Crippen LogP contribution in [0.3, 0.4) is 0 Å². The lowest BCUT2D eigenvalue weighted by Gasteiger charge is -2.34. The maximum Gasteiger partial charge on any atom is 0.254 e. The lowest BCUT2D eigenvalue weighted by atomic mass is 10.0. The first-order valence-electron chi connectivity index (χ1n) is 8.83. The fraction of sp³-hybridized carbons (Fsp3) is 0.474. The second kappa shape index (κ2) is 8.27. The van der Waals surface area contributed by atoms with Gasteiger partial charge in [-0.05, 0) is 38.6 Å². The number of aromatic nitrogens is 1. The van der Waals surface area contributed by atoms with Crippen molar-refractivity contribution in [2.24, 2.45) is 0 Å². The van der Waals surface area contributed by atoms with E-state index >= 15 is 0 Å². The lowest BCUT2D eigenvalue weighted by molar-refractivity contribution is 0.0616. The van der Waals surface area contributed by atoms with E-state index in [4.69, 9.17) is 4.52 Å². The molecule has 1 N–H and O–H groups in total. The molecule has 1 aromatic carbocycles. The predicted molar refractivity (Wildman–Crippen MR) is 96.5 cm³/mol. The summed E-state index contributed by atoms with van der Waals surface area (Å²) in [6.45, 7) is 6.73. The molecular weight excluding hydrogens is 316 g/mol. The summed E-state index contributed by atoms with van der Waals surface area (Å²) in [5.74, 6) is 1.02. The molecule has 6 nitrogen and oxygen atoms in total. The van der Waals surface area contributed by atoms with Crippen molar-refractivity contribution in [3.05, 3.63) is 52.9 Å². The minimum atomic E-state index is 0.141. The van der Waals surface area contributed by atoms with Crippen molar-refractivity contribution in [2.45, 2.75) is 19.9 Å². The van der Waals surface area contributed by atoms with E-state index in [1.54, 1.807) is 0 Å². The van der Waals surface area contributed by atoms with Gasteiger partial charge in [-0.1, -0.05) is 23.4 Å². The Morgan fingerprint density at radius 2 is 2.00 bits per heavy atom. The van der Waals surface area contributed by atoms with Crippen LogP contribution >= 0.6 is 0 Å². The zero-order chi connectivity index (χ0) is 17.6. The van der Waals surface area contributed by atoms with Gasteiger partial charge in [-0.25, -0.2) is 0 Å². The van der Waals surface area contributed by atoms with Crippen LogP contribution in [0.15, 0.2) is 34.9 Å². The van der Waals surface area contributed by atoms with Gasteiger partial charge in [-0.3, -0.25) is 9.69 Å². The molecule has 1 fully saturated rings. The van der Waals surface area contributed by atoms with E-state index in [-0.39, 0.29) is 5.91 Å². The molecule has 0 aliphatic carbocycles. The van der Waals surface area contributed by atoms with Gasteiger partial charge in [-0.2, -0.15) is 0 Å². The highest BCUT2D eigenvalue weighted by molar-refractivity contribution is 5.95. The maximum atomic E-state index is 12.9. The first-order valence-corrected chi connectivity index (χ1v) is 8.83. The molecule has 0 radical (unpaired) electrons. The summed E-state index contributed by atoms with van der Waals surface area (Å²) in [7, 11) is 1.93. The van der Waals surface area contributed by atoms with Gasteiger partial charge in [0.15, 0.2) is 5.76 Å². The number of rotatable bonds is 6. The largest absolute Gasteiger partial charge is 0.360 e. The van der Waals surface area contributed by atoms with E-state index in [0.717, 1.165) is 68.3 Å². The maximum absolute atomic E-state index is 12.9. The highest BCUT2D eigenvalue weighted by atomic mass is 16.5. The number of piperazine rings is 1. The summed E-state index contributed by atoms with van der Waals surface area (Å²) >= 11 is 0. The Kier molecular flexibility index (Phi) is 5.83. The number of hydrogen-bond donors (Lipinski definition) is 1. The molecule has 1 amide bonds. The van der Waals surface area contributed by atoms with E-state index in [0.29, 0.717) is 0 Å². The molecule has 2 aromatic rings. The molecule has 0 atom stereocenters. The Labute approximate surface area is 148 Å². The summed E-state index contributed by atoms with van der Waals surface area (Å²) in [6.07, 6.45) is 0.864. The van der Waals surface area contributed by atoms with Gasteiger partial charge in [0.05, 0.1) is 12.2 Å². The standard InChI is InChI=1S/C19H26N4O2/c1-15-13-17(25-21-15)14-22-9-11-23(12-10-22)19(24)18-6-4-3-5-16(18)7-8-20-2/h3-6,13,20H,7-12,14H2,1-2H3. The molecule has 0 saturated carbocycles. The van der Waals surface area contributed by atoms with Crippen molar-refractivity contribution in [3.63, 3.8) is 0 Å². The van der Waals surface area contributed by atoms with E-state index in [9.17, 15) is 4.79 Å². The van der Waals surface area contributed by atoms with Crippen molar-refractivity contribution in [2.75, 3.05) is 39.8 Å². The normalized spacial score (nSPS) is 15.5. The first-order chi connectivity index (χ1) is 12.2. The van der Waals surface area contributed by atoms with Gasteiger partial charge in [0.25, 0.3) is 5.91 Å². The minimum absolute atomic E-state index is 0.141. The summed E-state index contributed by atoms with van der Waals surface area (Å²) in [5.41, 5.74) is 2.85. The van der Waals surface area contributed by atoms with Crippen LogP contribution in [-0.2, 0) is 13.0 Å². The lowest BCUT2D eigenvalue weighted by Crippen LogP contribution is -2.48. The Balaban J connectivity index is 1.58. The number of amides is 1. The highest BCUT2D eigenvalue weighted by Gasteiger charge is 2.24. The molecule has 6 heteroatoms. The zero-order valence-electron chi connectivity index (χ0n) is 15.0. The fourth-order valence-electron chi connectivity index (χ4n) is 3.20. The van der Waals surface area contributed by atoms with Crippen molar-refractivity contribution >= 4 is 5.91 Å². The zero-order valence-corrected chi connectivity index (χ0v) is 15.0. The van der Waals surface area contributed by atoms with Gasteiger partial charge < -0.3 is 14.7 Å². The second-order valence-corrected chi connectivity index (χ2v) is 6.51. The quantitative estimate of drug-likeness (QED) is 0.866. The average Bonchev–Trinajstić information content (AvgIpc) is 3.05. The third kappa shape index (κ3) is 4.46. The third-order valence-electron chi connectivity index (χ3n) is 4.61. The van der Waals surface area contributed by atoms with Crippen molar-refractivity contribution in [1.82, 2.24) is 20.3 Å². The summed E-state index contributed by atoms with van der Waals surface area (Å²) < 4.78 is 5.29. The molecule has 0 spiro atoms. The van der Waals surface area contributed by atoms with E-state index in [1.807, 2.05) is 49.2 Å². The molecule has 3 rings (SSSR count). The molecule has 0 unspecified atom stereocenters. The summed E-state index contributed by atoms with van der Waals surface area (Å²) in [5, 5.41) is 7.07. The van der Waals surface area contributed by atoms with Gasteiger partial charge in [-0.15, -0.1) is 0 Å². The SMILES string of the molecule is CNCCc1ccccc1C(=O)N1CCN(Cc2cc(C)no2)CC1. The monoisotopic (exact) mass is 342 g/mol. The van der Waals surface area contributed by atoms with Crippen LogP contribution in [0, 0.1) is 6.92 Å². The topological polar surface area (TPSA) is 61.6 Å². The Bertz CT molecular complexity index is 705. The van der Waals surface area contributed by atoms with Crippen LogP contribution < -0.4 is 5.32 Å². The fourth-order valence-corrected chi connectivity index (χ4v) is 3.20. The number of hydrogen-bond acceptors (Lipinski definition) is 5. The Morgan fingerprint density at radius 1 is 1.24 bits per heavy atom. The van der Waals surface area contributed by atoms with Gasteiger partial charge in [0.1, 0.15) is 0 Å². The van der Waals surface area contributed by atoms with Crippen LogP contribution in [0.4, 0.5) is 0 Å². The molecule has 2 heterocycles. The molecular formula is C19H26N4O2. The Morgan fingerprint density at radius 3 is 2.68 bits per heavy atom. The number of carbonyl (C=O) groups excluding carboxylic acids is 1. The third-order valence-corrected chi connectivity index (χ3v) is 4.61. The summed E-state index contributed by atoms with van der Waals surface area (Å²) in [4.78, 5) is 17.2. The van der Waals surface area contributed by atoms with E-state index in [1.165, 1.54) is 0 Å². The van der Waals surface area contributed by atoms with Crippen LogP contribution in [-0.4, -0.2) is 60.6 Å². The van der Waals surface area contributed by atoms with Crippen LogP contribution in [0.5, 0.6) is 0 Å². The van der Waals surface area contributed by atoms with Gasteiger partial charge >= 0.3 is 0 Å². The van der Waals surface area contributed by atoms with Crippen molar-refractivity contribution in [3.8, 4) is 0 Å². The molecule has 1 aliphatic heterocycles. The second-order valence-electron chi connectivity index (χ2n) is 6.51. The molecule has 25 heavy (non-hydrogen) atoms. The van der Waals surface area contributed by atoms with E-state index < -0.39 is 0 Å².